The van der Waals surface area contributed by atoms with Crippen LogP contribution in [0.5, 0.6) is 0 Å². The lowest BCUT2D eigenvalue weighted by Crippen LogP contribution is -2.32. The van der Waals surface area contributed by atoms with Crippen molar-refractivity contribution >= 4 is 35.1 Å². The highest BCUT2D eigenvalue weighted by atomic mass is 35.5. The smallest absolute Gasteiger partial charge is 0.325 e. The first-order valence-electron chi connectivity index (χ1n) is 8.85. The van der Waals surface area contributed by atoms with Gasteiger partial charge in [-0.3, -0.25) is 14.4 Å². The molecule has 0 spiro atoms. The van der Waals surface area contributed by atoms with Crippen LogP contribution in [0.15, 0.2) is 42.5 Å². The van der Waals surface area contributed by atoms with Gasteiger partial charge in [-0.1, -0.05) is 44.5 Å². The molecule has 2 rings (SSSR count). The number of amides is 2. The zero-order valence-electron chi connectivity index (χ0n) is 16.3. The molecule has 0 aliphatic heterocycles. The van der Waals surface area contributed by atoms with Crippen molar-refractivity contribution in [3.63, 3.8) is 0 Å². The van der Waals surface area contributed by atoms with Crippen molar-refractivity contribution in [2.24, 2.45) is 0 Å². The van der Waals surface area contributed by atoms with Crippen LogP contribution < -0.4 is 10.6 Å². The number of esters is 1. The van der Waals surface area contributed by atoms with Crippen LogP contribution in [-0.4, -0.2) is 30.9 Å². The molecule has 0 fully saturated rings. The van der Waals surface area contributed by atoms with Crippen LogP contribution in [0.4, 0.5) is 10.1 Å². The van der Waals surface area contributed by atoms with Gasteiger partial charge in [-0.2, -0.15) is 0 Å². The molecule has 0 saturated carbocycles. The first kappa shape index (κ1) is 22.4. The molecule has 8 heteroatoms. The third-order valence-corrected chi connectivity index (χ3v) is 4.21. The minimum absolute atomic E-state index is 0.0343. The molecule has 0 radical (unpaired) electrons. The summed E-state index contributed by atoms with van der Waals surface area (Å²) in [6.07, 6.45) is 0. The van der Waals surface area contributed by atoms with Crippen LogP contribution >= 0.6 is 11.6 Å². The zero-order chi connectivity index (χ0) is 21.6. The average Bonchev–Trinajstić information content (AvgIpc) is 2.66. The number of anilines is 1. The van der Waals surface area contributed by atoms with Crippen molar-refractivity contribution in [1.82, 2.24) is 5.32 Å². The molecule has 0 aliphatic carbocycles. The Bertz CT molecular complexity index is 908. The van der Waals surface area contributed by atoms with E-state index in [0.717, 1.165) is 11.6 Å². The number of hydrogen-bond acceptors (Lipinski definition) is 4. The summed E-state index contributed by atoms with van der Waals surface area (Å²) in [6, 6.07) is 10.7. The second-order valence-corrected chi connectivity index (χ2v) is 7.78. The largest absolute Gasteiger partial charge is 0.454 e. The summed E-state index contributed by atoms with van der Waals surface area (Å²) in [5, 5.41) is 4.92. The van der Waals surface area contributed by atoms with Gasteiger partial charge >= 0.3 is 5.97 Å². The normalized spacial score (nSPS) is 10.9. The molecule has 154 valence electrons. The Morgan fingerprint density at radius 1 is 1.07 bits per heavy atom. The molecule has 0 unspecified atom stereocenters. The molecule has 2 amide bonds. The summed E-state index contributed by atoms with van der Waals surface area (Å²) >= 11 is 5.74. The van der Waals surface area contributed by atoms with Crippen molar-refractivity contribution in [2.75, 3.05) is 18.5 Å². The quantitative estimate of drug-likeness (QED) is 0.698. The number of benzene rings is 2. The van der Waals surface area contributed by atoms with Crippen LogP contribution in [0.25, 0.3) is 0 Å². The van der Waals surface area contributed by atoms with Crippen molar-refractivity contribution in [1.29, 1.82) is 0 Å². The van der Waals surface area contributed by atoms with E-state index in [4.69, 9.17) is 16.3 Å². The number of carbonyl (C=O) groups excluding carboxylic acids is 3. The fraction of sp³-hybridized carbons (Fsp3) is 0.286. The molecule has 0 aliphatic rings. The standard InChI is InChI=1S/C21H22ClFN2O4/c1-21(2,3)14-6-4-13(5-7-14)20(28)24-11-19(27)29-12-18(26)25-17-10-15(22)8-9-16(17)23/h4-10H,11-12H2,1-3H3,(H,24,28)(H,25,26). The first-order valence-corrected chi connectivity index (χ1v) is 9.23. The van der Waals surface area contributed by atoms with Crippen LogP contribution in [0.3, 0.4) is 0 Å². The average molecular weight is 421 g/mol. The van der Waals surface area contributed by atoms with E-state index in [1.807, 2.05) is 12.1 Å². The zero-order valence-corrected chi connectivity index (χ0v) is 17.1. The van der Waals surface area contributed by atoms with E-state index in [1.165, 1.54) is 12.1 Å². The van der Waals surface area contributed by atoms with Gasteiger partial charge in [-0.05, 0) is 41.3 Å². The van der Waals surface area contributed by atoms with Gasteiger partial charge in [0, 0.05) is 10.6 Å². The molecule has 0 atom stereocenters. The summed E-state index contributed by atoms with van der Waals surface area (Å²) < 4.78 is 18.3. The summed E-state index contributed by atoms with van der Waals surface area (Å²) in [5.41, 5.74) is 1.33. The Kier molecular flexibility index (Phi) is 7.34. The maximum atomic E-state index is 13.6. The second-order valence-electron chi connectivity index (χ2n) is 7.34. The van der Waals surface area contributed by atoms with Gasteiger partial charge in [0.25, 0.3) is 11.8 Å². The third-order valence-electron chi connectivity index (χ3n) is 3.97. The van der Waals surface area contributed by atoms with E-state index in [9.17, 15) is 18.8 Å². The Morgan fingerprint density at radius 3 is 2.34 bits per heavy atom. The highest BCUT2D eigenvalue weighted by Gasteiger charge is 2.15. The molecule has 0 saturated heterocycles. The van der Waals surface area contributed by atoms with E-state index in [-0.39, 0.29) is 16.1 Å². The number of halogens is 2. The highest BCUT2D eigenvalue weighted by molar-refractivity contribution is 6.30. The van der Waals surface area contributed by atoms with E-state index in [0.29, 0.717) is 5.56 Å². The molecule has 6 nitrogen and oxygen atoms in total. The first-order chi connectivity index (χ1) is 13.6. The van der Waals surface area contributed by atoms with Crippen LogP contribution in [0.2, 0.25) is 5.02 Å². The van der Waals surface area contributed by atoms with Gasteiger partial charge in [-0.25, -0.2) is 4.39 Å². The van der Waals surface area contributed by atoms with Gasteiger partial charge in [0.2, 0.25) is 0 Å². The van der Waals surface area contributed by atoms with Gasteiger partial charge in [0.1, 0.15) is 12.4 Å². The van der Waals surface area contributed by atoms with Crippen LogP contribution in [0, 0.1) is 5.82 Å². The maximum absolute atomic E-state index is 13.6. The monoisotopic (exact) mass is 420 g/mol. The molecule has 0 aromatic heterocycles. The molecule has 2 aromatic rings. The number of nitrogens with one attached hydrogen (secondary N) is 2. The number of ether oxygens (including phenoxy) is 1. The summed E-state index contributed by atoms with van der Waals surface area (Å²) in [4.78, 5) is 35.6. The summed E-state index contributed by atoms with van der Waals surface area (Å²) in [5.74, 6) is -2.64. The van der Waals surface area contributed by atoms with E-state index >= 15 is 0 Å². The number of hydrogen-bond donors (Lipinski definition) is 2. The Morgan fingerprint density at radius 2 is 1.72 bits per heavy atom. The minimum atomic E-state index is -0.800. The summed E-state index contributed by atoms with van der Waals surface area (Å²) in [6.45, 7) is 5.17. The molecule has 0 bridgehead atoms. The number of rotatable bonds is 6. The lowest BCUT2D eigenvalue weighted by atomic mass is 9.87. The minimum Gasteiger partial charge on any atom is -0.454 e. The fourth-order valence-corrected chi connectivity index (χ4v) is 2.52. The van der Waals surface area contributed by atoms with Gasteiger partial charge < -0.3 is 15.4 Å². The van der Waals surface area contributed by atoms with E-state index in [1.54, 1.807) is 12.1 Å². The maximum Gasteiger partial charge on any atom is 0.325 e. The lowest BCUT2D eigenvalue weighted by Gasteiger charge is -2.19. The highest BCUT2D eigenvalue weighted by Crippen LogP contribution is 2.22. The Balaban J connectivity index is 1.78. The predicted molar refractivity (Wildman–Crippen MR) is 108 cm³/mol. The Hall–Kier alpha value is -2.93. The molecule has 2 N–H and O–H groups in total. The van der Waals surface area contributed by atoms with Crippen LogP contribution in [-0.2, 0) is 19.7 Å². The molecule has 0 heterocycles. The second kappa shape index (κ2) is 9.52. The topological polar surface area (TPSA) is 84.5 Å². The summed E-state index contributed by atoms with van der Waals surface area (Å²) in [7, 11) is 0. The molecular weight excluding hydrogens is 399 g/mol. The molecule has 29 heavy (non-hydrogen) atoms. The van der Waals surface area contributed by atoms with Crippen molar-refractivity contribution in [2.45, 2.75) is 26.2 Å². The SMILES string of the molecule is CC(C)(C)c1ccc(C(=O)NCC(=O)OCC(=O)Nc2cc(Cl)ccc2F)cc1. The van der Waals surface area contributed by atoms with E-state index < -0.39 is 36.8 Å². The predicted octanol–water partition coefficient (Wildman–Crippen LogP) is 3.69. The Labute approximate surface area is 173 Å². The van der Waals surface area contributed by atoms with Gasteiger partial charge in [-0.15, -0.1) is 0 Å². The van der Waals surface area contributed by atoms with E-state index in [2.05, 4.69) is 31.4 Å². The van der Waals surface area contributed by atoms with Crippen LogP contribution in [0.1, 0.15) is 36.7 Å². The van der Waals surface area contributed by atoms with Crippen molar-refractivity contribution in [3.05, 3.63) is 64.4 Å². The third kappa shape index (κ3) is 6.87. The lowest BCUT2D eigenvalue weighted by molar-refractivity contribution is -0.146. The van der Waals surface area contributed by atoms with Gasteiger partial charge in [0.15, 0.2) is 6.61 Å². The number of carbonyl (C=O) groups is 3. The fourth-order valence-electron chi connectivity index (χ4n) is 2.35. The molecular formula is C21H22ClFN2O4. The van der Waals surface area contributed by atoms with Crippen molar-refractivity contribution < 1.29 is 23.5 Å². The van der Waals surface area contributed by atoms with Crippen molar-refractivity contribution in [3.8, 4) is 0 Å². The van der Waals surface area contributed by atoms with Gasteiger partial charge in [0.05, 0.1) is 5.69 Å². The molecule has 2 aromatic carbocycles.